The Morgan fingerprint density at radius 1 is 0.722 bits per heavy atom. The van der Waals surface area contributed by atoms with Gasteiger partial charge in [0, 0.05) is 15.2 Å². The fourth-order valence-corrected chi connectivity index (χ4v) is 4.10. The summed E-state index contributed by atoms with van der Waals surface area (Å²) in [6.07, 6.45) is 4.31. The van der Waals surface area contributed by atoms with Crippen molar-refractivity contribution in [3.63, 3.8) is 0 Å². The highest BCUT2D eigenvalue weighted by molar-refractivity contribution is 8.01. The topological polar surface area (TPSA) is 0 Å². The summed E-state index contributed by atoms with van der Waals surface area (Å²) in [6.45, 7) is 0. The molecule has 3 aromatic carbocycles. The highest BCUT2D eigenvalue weighted by Gasteiger charge is 2.09. The third-order valence-corrected chi connectivity index (χ3v) is 4.99. The van der Waals surface area contributed by atoms with Crippen LogP contribution in [-0.4, -0.2) is 12.5 Å². The van der Waals surface area contributed by atoms with Crippen LogP contribution in [0.3, 0.4) is 0 Å². The largest absolute Gasteiger partial charge is 0.128 e. The molecule has 0 heterocycles. The van der Waals surface area contributed by atoms with Crippen molar-refractivity contribution in [3.8, 4) is 0 Å². The van der Waals surface area contributed by atoms with Crippen molar-refractivity contribution < 1.29 is 0 Å². The molecule has 0 fully saturated rings. The van der Waals surface area contributed by atoms with E-state index in [-0.39, 0.29) is 0 Å². The van der Waals surface area contributed by atoms with Crippen LogP contribution in [-0.2, 0) is 0 Å². The second kappa shape index (κ2) is 4.87. The van der Waals surface area contributed by atoms with Gasteiger partial charge in [0.25, 0.3) is 0 Å². The molecule has 0 aliphatic carbocycles. The van der Waals surface area contributed by atoms with E-state index in [4.69, 9.17) is 0 Å². The predicted octanol–water partition coefficient (Wildman–Crippen LogP) is 5.44. The van der Waals surface area contributed by atoms with Crippen LogP contribution in [0.15, 0.2) is 58.3 Å². The minimum absolute atomic E-state index is 1.32. The average Bonchev–Trinajstić information content (AvgIpc) is 2.45. The molecule has 0 aromatic heterocycles. The van der Waals surface area contributed by atoms with Crippen LogP contribution < -0.4 is 0 Å². The first-order valence-electron chi connectivity index (χ1n) is 5.87. The molecule has 0 spiro atoms. The van der Waals surface area contributed by atoms with Crippen molar-refractivity contribution in [1.29, 1.82) is 0 Å². The second-order valence-corrected chi connectivity index (χ2v) is 5.85. The van der Waals surface area contributed by atoms with E-state index in [1.165, 1.54) is 31.3 Å². The van der Waals surface area contributed by atoms with E-state index >= 15 is 0 Å². The predicted molar refractivity (Wildman–Crippen MR) is 85.0 cm³/mol. The van der Waals surface area contributed by atoms with Gasteiger partial charge in [-0.3, -0.25) is 0 Å². The van der Waals surface area contributed by atoms with Gasteiger partial charge in [-0.2, -0.15) is 0 Å². The van der Waals surface area contributed by atoms with Crippen LogP contribution >= 0.6 is 23.5 Å². The minimum atomic E-state index is 1.32. The lowest BCUT2D eigenvalue weighted by molar-refractivity contribution is 1.32. The van der Waals surface area contributed by atoms with E-state index in [2.05, 4.69) is 61.0 Å². The molecule has 0 radical (unpaired) electrons. The van der Waals surface area contributed by atoms with Gasteiger partial charge in [-0.05, 0) is 34.7 Å². The number of hydrogen-bond donors (Lipinski definition) is 0. The molecular weight excluding hydrogens is 256 g/mol. The summed E-state index contributed by atoms with van der Waals surface area (Å²) >= 11 is 3.67. The molecule has 0 bridgehead atoms. The van der Waals surface area contributed by atoms with Crippen LogP contribution in [0.4, 0.5) is 0 Å². The summed E-state index contributed by atoms with van der Waals surface area (Å²) in [5.74, 6) is 0. The molecule has 0 saturated heterocycles. The third-order valence-electron chi connectivity index (χ3n) is 3.25. The van der Waals surface area contributed by atoms with Crippen LogP contribution in [0.2, 0.25) is 0 Å². The summed E-state index contributed by atoms with van der Waals surface area (Å²) < 4.78 is 0. The van der Waals surface area contributed by atoms with Gasteiger partial charge >= 0.3 is 0 Å². The zero-order valence-electron chi connectivity index (χ0n) is 10.4. The van der Waals surface area contributed by atoms with Crippen LogP contribution in [0.1, 0.15) is 0 Å². The summed E-state index contributed by atoms with van der Waals surface area (Å²) in [7, 11) is 0. The maximum absolute atomic E-state index is 2.23. The lowest BCUT2D eigenvalue weighted by atomic mass is 10.0. The van der Waals surface area contributed by atoms with Gasteiger partial charge in [0.15, 0.2) is 0 Å². The summed E-state index contributed by atoms with van der Waals surface area (Å²) in [6, 6.07) is 17.5. The van der Waals surface area contributed by atoms with E-state index in [9.17, 15) is 0 Å². The molecule has 0 saturated carbocycles. The summed E-state index contributed by atoms with van der Waals surface area (Å²) in [5.41, 5.74) is 0. The Hall–Kier alpha value is -1.12. The molecule has 0 atom stereocenters. The SMILES string of the molecule is CSc1ccc2ccc3ccccc3c2c1SC. The van der Waals surface area contributed by atoms with Gasteiger partial charge in [0.2, 0.25) is 0 Å². The molecule has 0 aliphatic heterocycles. The molecule has 0 unspecified atom stereocenters. The number of rotatable bonds is 2. The lowest BCUT2D eigenvalue weighted by Gasteiger charge is -2.11. The maximum Gasteiger partial charge on any atom is 0.0290 e. The first-order valence-corrected chi connectivity index (χ1v) is 8.32. The lowest BCUT2D eigenvalue weighted by Crippen LogP contribution is -1.84. The molecule has 18 heavy (non-hydrogen) atoms. The minimum Gasteiger partial charge on any atom is -0.128 e. The summed E-state index contributed by atoms with van der Waals surface area (Å²) in [4.78, 5) is 2.77. The van der Waals surface area contributed by atoms with Crippen molar-refractivity contribution in [3.05, 3.63) is 48.5 Å². The molecule has 90 valence electrons. The Kier molecular flexibility index (Phi) is 3.23. The molecule has 0 amide bonds. The average molecular weight is 270 g/mol. The Balaban J connectivity index is 2.53. The Labute approximate surface area is 116 Å². The van der Waals surface area contributed by atoms with Crippen LogP contribution in [0.25, 0.3) is 21.5 Å². The van der Waals surface area contributed by atoms with Crippen LogP contribution in [0, 0.1) is 0 Å². The molecule has 0 N–H and O–H groups in total. The van der Waals surface area contributed by atoms with E-state index in [0.29, 0.717) is 0 Å². The van der Waals surface area contributed by atoms with Gasteiger partial charge in [-0.15, -0.1) is 23.5 Å². The standard InChI is InChI=1S/C16H14S2/c1-17-14-10-9-12-8-7-11-5-3-4-6-13(11)15(12)16(14)18-2/h3-10H,1-2H3. The van der Waals surface area contributed by atoms with Gasteiger partial charge in [0.1, 0.15) is 0 Å². The molecule has 3 rings (SSSR count). The van der Waals surface area contributed by atoms with E-state index in [1.54, 1.807) is 0 Å². The van der Waals surface area contributed by atoms with Gasteiger partial charge in [0.05, 0.1) is 0 Å². The van der Waals surface area contributed by atoms with E-state index < -0.39 is 0 Å². The van der Waals surface area contributed by atoms with E-state index in [0.717, 1.165) is 0 Å². The molecule has 3 aromatic rings. The van der Waals surface area contributed by atoms with Crippen molar-refractivity contribution in [2.45, 2.75) is 9.79 Å². The second-order valence-electron chi connectivity index (χ2n) is 4.19. The zero-order valence-corrected chi connectivity index (χ0v) is 12.1. The monoisotopic (exact) mass is 270 g/mol. The normalized spacial score (nSPS) is 11.2. The third kappa shape index (κ3) is 1.80. The van der Waals surface area contributed by atoms with Crippen LogP contribution in [0.5, 0.6) is 0 Å². The number of hydrogen-bond acceptors (Lipinski definition) is 2. The Bertz CT molecular complexity index is 717. The molecule has 0 aliphatic rings. The maximum atomic E-state index is 2.23. The highest BCUT2D eigenvalue weighted by Crippen LogP contribution is 2.38. The fraction of sp³-hybridized carbons (Fsp3) is 0.125. The van der Waals surface area contributed by atoms with E-state index in [1.807, 2.05) is 23.5 Å². The Morgan fingerprint density at radius 2 is 1.44 bits per heavy atom. The highest BCUT2D eigenvalue weighted by atomic mass is 32.2. The first kappa shape index (κ1) is 11.9. The molecule has 2 heteroatoms. The Morgan fingerprint density at radius 3 is 2.22 bits per heavy atom. The number of benzene rings is 3. The van der Waals surface area contributed by atoms with Crippen molar-refractivity contribution >= 4 is 45.1 Å². The summed E-state index contributed by atoms with van der Waals surface area (Å²) in [5, 5.41) is 5.40. The van der Waals surface area contributed by atoms with Crippen molar-refractivity contribution in [2.75, 3.05) is 12.5 Å². The number of fused-ring (bicyclic) bond motifs is 3. The first-order chi connectivity index (χ1) is 8.85. The van der Waals surface area contributed by atoms with Gasteiger partial charge < -0.3 is 0 Å². The van der Waals surface area contributed by atoms with Crippen molar-refractivity contribution in [1.82, 2.24) is 0 Å². The zero-order chi connectivity index (χ0) is 12.5. The fourth-order valence-electron chi connectivity index (χ4n) is 2.41. The smallest absolute Gasteiger partial charge is 0.0290 e. The number of thioether (sulfide) groups is 2. The molecular formula is C16H14S2. The van der Waals surface area contributed by atoms with Crippen molar-refractivity contribution in [2.24, 2.45) is 0 Å². The van der Waals surface area contributed by atoms with Gasteiger partial charge in [-0.1, -0.05) is 42.5 Å². The quantitative estimate of drug-likeness (QED) is 0.449. The van der Waals surface area contributed by atoms with Gasteiger partial charge in [-0.25, -0.2) is 0 Å². The molecule has 0 nitrogen and oxygen atoms in total.